The average Bonchev–Trinajstić information content (AvgIpc) is 3.34. The predicted octanol–water partition coefficient (Wildman–Crippen LogP) is 3.41. The van der Waals surface area contributed by atoms with E-state index in [0.717, 1.165) is 5.56 Å². The number of methoxy groups -OCH3 is 1. The maximum Gasteiger partial charge on any atom is 0.296 e. The molecule has 1 N–H and O–H groups in total. The molecule has 0 saturated carbocycles. The Morgan fingerprint density at radius 1 is 1.24 bits per heavy atom. The average molecular weight is 567 g/mol. The van der Waals surface area contributed by atoms with Gasteiger partial charge < -0.3 is 24.4 Å². The van der Waals surface area contributed by atoms with E-state index in [0.29, 0.717) is 40.5 Å². The highest BCUT2D eigenvalue weighted by atomic mass is 19.3. The van der Waals surface area contributed by atoms with Crippen molar-refractivity contribution < 1.29 is 23.0 Å². The standard InChI is InChI=1S/C26H28F2N10O3/c1-15-10-16(6-7-18(15)40-21(29-2)11-20-34-35-36-38(20)4)33-24-22-17(31-14-32-24)12-30-25(39-5)23(22)41-19-8-9-37(3)13-26(19,27)28/h6-7,10-12,14,19H,2,8-9,13H2,1,3-5H3,(H,31,32,33)/b21-11+/t19-/m0/s1. The van der Waals surface area contributed by atoms with Crippen LogP contribution >= 0.6 is 0 Å². The third-order valence-corrected chi connectivity index (χ3v) is 6.49. The van der Waals surface area contributed by atoms with Crippen LogP contribution < -0.4 is 19.5 Å². The molecule has 5 rings (SSSR count). The normalized spacial score (nSPS) is 17.3. The molecule has 1 atom stereocenters. The second kappa shape index (κ2) is 11.4. The van der Waals surface area contributed by atoms with Gasteiger partial charge in [0.15, 0.2) is 17.7 Å². The molecule has 13 nitrogen and oxygen atoms in total. The lowest BCUT2D eigenvalue weighted by Gasteiger charge is -2.36. The number of alkyl halides is 2. The second-order valence-electron chi connectivity index (χ2n) is 9.48. The second-order valence-corrected chi connectivity index (χ2v) is 9.48. The van der Waals surface area contributed by atoms with Crippen molar-refractivity contribution in [2.24, 2.45) is 12.0 Å². The summed E-state index contributed by atoms with van der Waals surface area (Å²) in [5.74, 6) is -1.47. The van der Waals surface area contributed by atoms with Gasteiger partial charge in [-0.15, -0.1) is 5.10 Å². The molecular formula is C26H28F2N10O3. The fourth-order valence-electron chi connectivity index (χ4n) is 4.40. The van der Waals surface area contributed by atoms with E-state index in [2.05, 4.69) is 47.5 Å². The monoisotopic (exact) mass is 566 g/mol. The van der Waals surface area contributed by atoms with Crippen LogP contribution in [0.3, 0.4) is 0 Å². The van der Waals surface area contributed by atoms with Crippen LogP contribution in [0.1, 0.15) is 17.8 Å². The van der Waals surface area contributed by atoms with Crippen LogP contribution in [0.2, 0.25) is 0 Å². The zero-order valence-corrected chi connectivity index (χ0v) is 22.9. The number of benzene rings is 1. The lowest BCUT2D eigenvalue weighted by atomic mass is 10.0. The number of rotatable bonds is 9. The Morgan fingerprint density at radius 2 is 2.07 bits per heavy atom. The van der Waals surface area contributed by atoms with E-state index in [1.165, 1.54) is 24.3 Å². The lowest BCUT2D eigenvalue weighted by molar-refractivity contribution is -0.135. The minimum atomic E-state index is -3.08. The number of piperidine rings is 1. The fraction of sp³-hybridized carbons (Fsp3) is 0.346. The summed E-state index contributed by atoms with van der Waals surface area (Å²) in [7, 11) is 4.74. The quantitative estimate of drug-likeness (QED) is 0.236. The van der Waals surface area contributed by atoms with E-state index in [1.54, 1.807) is 37.2 Å². The summed E-state index contributed by atoms with van der Waals surface area (Å²) < 4.78 is 48.5. The molecule has 1 saturated heterocycles. The molecule has 1 aliphatic heterocycles. The van der Waals surface area contributed by atoms with Crippen molar-refractivity contribution in [3.63, 3.8) is 0 Å². The highest BCUT2D eigenvalue weighted by molar-refractivity contribution is 5.96. The number of fused-ring (bicyclic) bond motifs is 1. The van der Waals surface area contributed by atoms with Crippen molar-refractivity contribution in [3.8, 4) is 17.4 Å². The summed E-state index contributed by atoms with van der Waals surface area (Å²) >= 11 is 0. The van der Waals surface area contributed by atoms with E-state index < -0.39 is 18.6 Å². The first-order chi connectivity index (χ1) is 19.7. The summed E-state index contributed by atoms with van der Waals surface area (Å²) in [6, 6.07) is 5.34. The number of nitrogens with zero attached hydrogens (tertiary/aromatic N) is 9. The first-order valence-electron chi connectivity index (χ1n) is 12.6. The van der Waals surface area contributed by atoms with E-state index >= 15 is 0 Å². The Hall–Kier alpha value is -4.79. The SMILES string of the molecule is C=N/C(=C\c1nnnn1C)Oc1ccc(Nc2ncnc3cnc(OC)c(O[C@H]4CCN(C)CC4(F)F)c23)cc1C. The Kier molecular flexibility index (Phi) is 7.70. The Balaban J connectivity index is 1.45. The van der Waals surface area contributed by atoms with Crippen molar-refractivity contribution in [2.75, 3.05) is 32.6 Å². The third-order valence-electron chi connectivity index (χ3n) is 6.49. The van der Waals surface area contributed by atoms with Crippen molar-refractivity contribution in [1.82, 2.24) is 40.1 Å². The molecule has 3 aromatic heterocycles. The Morgan fingerprint density at radius 3 is 2.76 bits per heavy atom. The van der Waals surface area contributed by atoms with E-state index in [4.69, 9.17) is 14.2 Å². The van der Waals surface area contributed by atoms with Gasteiger partial charge in [0.05, 0.1) is 30.8 Å². The lowest BCUT2D eigenvalue weighted by Crippen LogP contribution is -2.52. The number of hydrogen-bond acceptors (Lipinski definition) is 12. The van der Waals surface area contributed by atoms with Crippen molar-refractivity contribution >= 4 is 35.2 Å². The first-order valence-corrected chi connectivity index (χ1v) is 12.6. The Bertz CT molecular complexity index is 1610. The molecule has 0 bridgehead atoms. The molecule has 1 fully saturated rings. The smallest absolute Gasteiger partial charge is 0.296 e. The molecule has 1 aliphatic rings. The van der Waals surface area contributed by atoms with Gasteiger partial charge in [0.2, 0.25) is 5.88 Å². The maximum absolute atomic E-state index is 14.9. The highest BCUT2D eigenvalue weighted by Crippen LogP contribution is 2.41. The number of halogens is 2. The van der Waals surface area contributed by atoms with Crippen LogP contribution in [0.15, 0.2) is 41.6 Å². The van der Waals surface area contributed by atoms with E-state index in [9.17, 15) is 8.78 Å². The minimum Gasteiger partial charge on any atom is -0.478 e. The topological polar surface area (TPSA) is 138 Å². The van der Waals surface area contributed by atoms with Crippen LogP contribution in [0, 0.1) is 6.92 Å². The number of anilines is 2. The van der Waals surface area contributed by atoms with Crippen molar-refractivity contribution in [3.05, 3.63) is 48.0 Å². The van der Waals surface area contributed by atoms with Crippen molar-refractivity contribution in [2.45, 2.75) is 25.4 Å². The number of pyridine rings is 1. The molecule has 0 radical (unpaired) electrons. The summed E-state index contributed by atoms with van der Waals surface area (Å²) in [5.41, 5.74) is 1.81. The summed E-state index contributed by atoms with van der Waals surface area (Å²) in [5, 5.41) is 14.9. The predicted molar refractivity (Wildman–Crippen MR) is 147 cm³/mol. The number of hydrogen-bond donors (Lipinski definition) is 1. The molecule has 1 aromatic carbocycles. The number of aryl methyl sites for hydroxylation is 2. The number of nitrogens with one attached hydrogen (secondary N) is 1. The number of ether oxygens (including phenoxy) is 3. The fourth-order valence-corrected chi connectivity index (χ4v) is 4.40. The van der Waals surface area contributed by atoms with E-state index in [1.807, 2.05) is 13.0 Å². The van der Waals surface area contributed by atoms with Gasteiger partial charge in [0, 0.05) is 31.8 Å². The van der Waals surface area contributed by atoms with Crippen LogP contribution in [-0.4, -0.2) is 86.1 Å². The molecule has 214 valence electrons. The molecule has 0 aliphatic carbocycles. The van der Waals surface area contributed by atoms with Gasteiger partial charge in [0.1, 0.15) is 17.9 Å². The maximum atomic E-state index is 14.9. The molecule has 0 amide bonds. The summed E-state index contributed by atoms with van der Waals surface area (Å²) in [4.78, 5) is 18.4. The zero-order chi connectivity index (χ0) is 29.1. The molecular weight excluding hydrogens is 538 g/mol. The van der Waals surface area contributed by atoms with Crippen LogP contribution in [0.25, 0.3) is 17.0 Å². The molecule has 4 aromatic rings. The van der Waals surface area contributed by atoms with Gasteiger partial charge in [-0.05, 0) is 54.9 Å². The number of likely N-dealkylation sites (tertiary alicyclic amines) is 1. The molecule has 15 heteroatoms. The molecule has 0 spiro atoms. The van der Waals surface area contributed by atoms with E-state index in [-0.39, 0.29) is 23.9 Å². The molecule has 0 unspecified atom stereocenters. The largest absolute Gasteiger partial charge is 0.478 e. The zero-order valence-electron chi connectivity index (χ0n) is 22.9. The van der Waals surface area contributed by atoms with Gasteiger partial charge >= 0.3 is 0 Å². The Labute approximate surface area is 233 Å². The molecule has 41 heavy (non-hydrogen) atoms. The van der Waals surface area contributed by atoms with Gasteiger partial charge in [-0.2, -0.15) is 0 Å². The number of tetrazole rings is 1. The van der Waals surface area contributed by atoms with Crippen LogP contribution in [0.4, 0.5) is 20.3 Å². The van der Waals surface area contributed by atoms with Gasteiger partial charge in [0.25, 0.3) is 11.8 Å². The first kappa shape index (κ1) is 27.8. The van der Waals surface area contributed by atoms with Crippen LogP contribution in [0.5, 0.6) is 17.4 Å². The third kappa shape index (κ3) is 5.89. The number of aliphatic imine (C=N–C) groups is 1. The molecule has 4 heterocycles. The summed E-state index contributed by atoms with van der Waals surface area (Å²) in [6.07, 6.45) is 3.15. The summed E-state index contributed by atoms with van der Waals surface area (Å²) in [6.45, 7) is 5.45. The highest BCUT2D eigenvalue weighted by Gasteiger charge is 2.46. The van der Waals surface area contributed by atoms with Gasteiger partial charge in [-0.1, -0.05) is 0 Å². The van der Waals surface area contributed by atoms with Gasteiger partial charge in [-0.25, -0.2) is 33.4 Å². The minimum absolute atomic E-state index is 0.0455. The van der Waals surface area contributed by atoms with Crippen molar-refractivity contribution in [1.29, 1.82) is 0 Å². The number of aromatic nitrogens is 7. The van der Waals surface area contributed by atoms with Gasteiger partial charge in [-0.3, -0.25) is 0 Å². The van der Waals surface area contributed by atoms with Crippen LogP contribution in [-0.2, 0) is 7.05 Å².